The van der Waals surface area contributed by atoms with Gasteiger partial charge >= 0.3 is 0 Å². The van der Waals surface area contributed by atoms with Crippen molar-refractivity contribution in [3.05, 3.63) is 65.5 Å². The summed E-state index contributed by atoms with van der Waals surface area (Å²) in [6, 6.07) is 12.8. The van der Waals surface area contributed by atoms with Crippen molar-refractivity contribution in [3.8, 4) is 0 Å². The molecule has 9 heteroatoms. The first-order chi connectivity index (χ1) is 16.5. The van der Waals surface area contributed by atoms with E-state index in [4.69, 9.17) is 0 Å². The highest BCUT2D eigenvalue weighted by molar-refractivity contribution is 8.15. The topological polar surface area (TPSA) is 90.9 Å². The van der Waals surface area contributed by atoms with Crippen molar-refractivity contribution >= 4 is 40.3 Å². The Morgan fingerprint density at radius 3 is 2.44 bits per heavy atom. The molecule has 2 aliphatic rings. The number of halogens is 1. The number of carbonyl (C=O) groups excluding carboxylic acids is 3. The maximum absolute atomic E-state index is 13.0. The summed E-state index contributed by atoms with van der Waals surface area (Å²) in [6.07, 6.45) is 4.05. The summed E-state index contributed by atoms with van der Waals surface area (Å²) in [7, 11) is 0. The van der Waals surface area contributed by atoms with Crippen LogP contribution in [0.1, 0.15) is 41.6 Å². The van der Waals surface area contributed by atoms with Gasteiger partial charge in [-0.1, -0.05) is 23.9 Å². The molecule has 4 rings (SSSR count). The normalized spacial score (nSPS) is 17.9. The van der Waals surface area contributed by atoms with E-state index in [1.54, 1.807) is 36.4 Å². The van der Waals surface area contributed by atoms with Crippen molar-refractivity contribution in [1.82, 2.24) is 10.2 Å². The largest absolute Gasteiger partial charge is 0.352 e. The quantitative estimate of drug-likeness (QED) is 0.629. The second-order valence-corrected chi connectivity index (χ2v) is 9.52. The van der Waals surface area contributed by atoms with Crippen LogP contribution in [0, 0.1) is 5.82 Å². The molecular weight excluding hydrogens is 455 g/mol. The highest BCUT2D eigenvalue weighted by Gasteiger charge is 2.33. The molecule has 0 unspecified atom stereocenters. The zero-order valence-electron chi connectivity index (χ0n) is 18.8. The minimum atomic E-state index is -0.497. The van der Waals surface area contributed by atoms with Gasteiger partial charge in [-0.05, 0) is 67.6 Å². The van der Waals surface area contributed by atoms with Gasteiger partial charge in [0.2, 0.25) is 5.91 Å². The van der Waals surface area contributed by atoms with E-state index >= 15 is 0 Å². The van der Waals surface area contributed by atoms with Crippen LogP contribution in [-0.4, -0.2) is 52.7 Å². The number of thioether (sulfide) groups is 1. The SMILES string of the molecule is O=C(C[C@H]1SC(N2CCCCC2)=NC1=O)Nc1ccc(C(=O)NCCc2ccc(F)cc2)cc1. The number of hydrogen-bond donors (Lipinski definition) is 2. The summed E-state index contributed by atoms with van der Waals surface area (Å²) >= 11 is 1.37. The lowest BCUT2D eigenvalue weighted by molar-refractivity contribution is -0.121. The van der Waals surface area contributed by atoms with Crippen LogP contribution in [0.3, 0.4) is 0 Å². The molecule has 7 nitrogen and oxygen atoms in total. The molecule has 1 fully saturated rings. The summed E-state index contributed by atoms with van der Waals surface area (Å²) in [5.74, 6) is -1.04. The van der Waals surface area contributed by atoms with Gasteiger partial charge in [-0.15, -0.1) is 0 Å². The molecule has 0 aromatic heterocycles. The zero-order valence-corrected chi connectivity index (χ0v) is 19.6. The molecule has 0 saturated carbocycles. The number of nitrogens with zero attached hydrogens (tertiary/aromatic N) is 2. The van der Waals surface area contributed by atoms with Gasteiger partial charge in [0.25, 0.3) is 11.8 Å². The van der Waals surface area contributed by atoms with E-state index < -0.39 is 5.25 Å². The molecule has 1 atom stereocenters. The van der Waals surface area contributed by atoms with Gasteiger partial charge in [0.05, 0.1) is 0 Å². The third-order valence-corrected chi connectivity index (χ3v) is 6.98. The van der Waals surface area contributed by atoms with Crippen LogP contribution in [0.25, 0.3) is 0 Å². The second-order valence-electron chi connectivity index (χ2n) is 8.35. The predicted octanol–water partition coefficient (Wildman–Crippen LogP) is 3.61. The minimum Gasteiger partial charge on any atom is -0.352 e. The number of rotatable bonds is 7. The van der Waals surface area contributed by atoms with Crippen LogP contribution in [0.5, 0.6) is 0 Å². The van der Waals surface area contributed by atoms with Crippen molar-refractivity contribution in [1.29, 1.82) is 0 Å². The number of benzene rings is 2. The molecule has 2 aromatic carbocycles. The molecule has 1 saturated heterocycles. The van der Waals surface area contributed by atoms with Crippen LogP contribution in [0.15, 0.2) is 53.5 Å². The van der Waals surface area contributed by atoms with Crippen molar-refractivity contribution in [2.24, 2.45) is 4.99 Å². The van der Waals surface area contributed by atoms with Crippen molar-refractivity contribution in [2.45, 2.75) is 37.4 Å². The Morgan fingerprint density at radius 1 is 1.03 bits per heavy atom. The molecule has 0 bridgehead atoms. The van der Waals surface area contributed by atoms with Gasteiger partial charge in [0, 0.05) is 37.3 Å². The number of carbonyl (C=O) groups is 3. The first-order valence-electron chi connectivity index (χ1n) is 11.4. The number of likely N-dealkylation sites (tertiary alicyclic amines) is 1. The highest BCUT2D eigenvalue weighted by Crippen LogP contribution is 2.29. The fourth-order valence-corrected chi connectivity index (χ4v) is 5.01. The van der Waals surface area contributed by atoms with Gasteiger partial charge in [-0.25, -0.2) is 4.39 Å². The third-order valence-electron chi connectivity index (χ3n) is 5.77. The molecule has 2 N–H and O–H groups in total. The van der Waals surface area contributed by atoms with E-state index in [0.717, 1.165) is 36.7 Å². The molecule has 3 amide bonds. The Kier molecular flexibility index (Phi) is 7.95. The molecule has 2 aromatic rings. The molecular formula is C25H27FN4O3S. The van der Waals surface area contributed by atoms with Crippen molar-refractivity contribution in [3.63, 3.8) is 0 Å². The van der Waals surface area contributed by atoms with E-state index in [2.05, 4.69) is 20.5 Å². The molecule has 0 radical (unpaired) electrons. The number of anilines is 1. The molecule has 178 valence electrons. The summed E-state index contributed by atoms with van der Waals surface area (Å²) in [4.78, 5) is 43.3. The average Bonchev–Trinajstić information content (AvgIpc) is 3.21. The number of aliphatic imine (C=N–C) groups is 1. The monoisotopic (exact) mass is 482 g/mol. The Balaban J connectivity index is 1.21. The molecule has 0 aliphatic carbocycles. The van der Waals surface area contributed by atoms with Crippen molar-refractivity contribution in [2.75, 3.05) is 25.0 Å². The first-order valence-corrected chi connectivity index (χ1v) is 12.3. The number of nitrogens with one attached hydrogen (secondary N) is 2. The number of amides is 3. The summed E-state index contributed by atoms with van der Waals surface area (Å²) in [6.45, 7) is 2.24. The minimum absolute atomic E-state index is 0.0516. The Morgan fingerprint density at radius 2 is 1.74 bits per heavy atom. The van der Waals surface area contributed by atoms with Gasteiger partial charge in [-0.2, -0.15) is 4.99 Å². The smallest absolute Gasteiger partial charge is 0.262 e. The van der Waals surface area contributed by atoms with Crippen molar-refractivity contribution < 1.29 is 18.8 Å². The van der Waals surface area contributed by atoms with E-state index in [9.17, 15) is 18.8 Å². The molecule has 2 aliphatic heterocycles. The Hall–Kier alpha value is -3.20. The fraction of sp³-hybridized carbons (Fsp3) is 0.360. The zero-order chi connectivity index (χ0) is 23.9. The van der Waals surface area contributed by atoms with Crippen LogP contribution in [-0.2, 0) is 16.0 Å². The average molecular weight is 483 g/mol. The highest BCUT2D eigenvalue weighted by atomic mass is 32.2. The third kappa shape index (κ3) is 6.44. The van der Waals surface area contributed by atoms with Gasteiger partial charge in [0.15, 0.2) is 5.17 Å². The molecule has 34 heavy (non-hydrogen) atoms. The first kappa shape index (κ1) is 23.9. The van der Waals surface area contributed by atoms with Crippen LogP contribution in [0.4, 0.5) is 10.1 Å². The summed E-state index contributed by atoms with van der Waals surface area (Å²) in [5, 5.41) is 5.85. The number of hydrogen-bond acceptors (Lipinski definition) is 5. The van der Waals surface area contributed by atoms with E-state index in [-0.39, 0.29) is 30.0 Å². The second kappa shape index (κ2) is 11.3. The molecule has 2 heterocycles. The molecule has 0 spiro atoms. The number of amidine groups is 1. The maximum atomic E-state index is 13.0. The fourth-order valence-electron chi connectivity index (χ4n) is 3.89. The summed E-state index contributed by atoms with van der Waals surface area (Å²) in [5.41, 5.74) is 1.96. The number of piperidine rings is 1. The van der Waals surface area contributed by atoms with Gasteiger partial charge in [0.1, 0.15) is 11.1 Å². The maximum Gasteiger partial charge on any atom is 0.262 e. The van der Waals surface area contributed by atoms with Gasteiger partial charge in [-0.3, -0.25) is 14.4 Å². The van der Waals surface area contributed by atoms with Gasteiger partial charge < -0.3 is 15.5 Å². The standard InChI is InChI=1S/C25H27FN4O3S/c26-19-8-4-17(5-9-19)12-13-27-23(32)18-6-10-20(11-7-18)28-22(31)16-21-24(33)29-25(34-21)30-14-2-1-3-15-30/h4-11,21H,1-3,12-16H2,(H,27,32)(H,28,31)/t21-/m1/s1. The Labute approximate surface area is 202 Å². The predicted molar refractivity (Wildman–Crippen MR) is 131 cm³/mol. The van der Waals surface area contributed by atoms with Crippen LogP contribution < -0.4 is 10.6 Å². The lowest BCUT2D eigenvalue weighted by Crippen LogP contribution is -2.33. The van der Waals surface area contributed by atoms with Crippen LogP contribution in [0.2, 0.25) is 0 Å². The van der Waals surface area contributed by atoms with E-state index in [1.165, 1.54) is 30.3 Å². The van der Waals surface area contributed by atoms with E-state index in [0.29, 0.717) is 24.2 Å². The summed E-state index contributed by atoms with van der Waals surface area (Å²) < 4.78 is 13.0. The lowest BCUT2D eigenvalue weighted by Gasteiger charge is -2.27. The lowest BCUT2D eigenvalue weighted by atomic mass is 10.1. The van der Waals surface area contributed by atoms with E-state index in [1.807, 2.05) is 0 Å². The Bertz CT molecular complexity index is 1070. The van der Waals surface area contributed by atoms with Crippen LogP contribution >= 0.6 is 11.8 Å².